The van der Waals surface area contributed by atoms with Gasteiger partial charge in [0.25, 0.3) is 0 Å². The summed E-state index contributed by atoms with van der Waals surface area (Å²) in [5.41, 5.74) is 4.57. The van der Waals surface area contributed by atoms with E-state index < -0.39 is 0 Å². The molecular weight excluding hydrogens is 262 g/mol. The van der Waals surface area contributed by atoms with E-state index in [1.165, 1.54) is 11.1 Å². The van der Waals surface area contributed by atoms with Crippen molar-refractivity contribution >= 4 is 17.3 Å². The fourth-order valence-corrected chi connectivity index (χ4v) is 3.22. The van der Waals surface area contributed by atoms with Crippen LogP contribution in [-0.2, 0) is 17.8 Å². The molecule has 4 nitrogen and oxygen atoms in total. The number of hydrogen-bond donors (Lipinski definition) is 1. The average molecular weight is 275 g/mol. The van der Waals surface area contributed by atoms with E-state index in [-0.39, 0.29) is 11.9 Å². The highest BCUT2D eigenvalue weighted by Gasteiger charge is 2.37. The topological polar surface area (TPSA) is 56.1 Å². The third-order valence-electron chi connectivity index (χ3n) is 4.27. The summed E-state index contributed by atoms with van der Waals surface area (Å²) in [5, 5.41) is 12.1. The molecular formula is C17H13N3O. The molecule has 1 N–H and O–H groups in total. The number of nitriles is 1. The summed E-state index contributed by atoms with van der Waals surface area (Å²) in [7, 11) is 0. The van der Waals surface area contributed by atoms with Gasteiger partial charge in [0, 0.05) is 13.0 Å². The molecule has 4 heteroatoms. The molecule has 2 aromatic rings. The number of carbonyl (C=O) groups excluding carboxylic acids is 1. The predicted molar refractivity (Wildman–Crippen MR) is 79.9 cm³/mol. The Morgan fingerprint density at radius 2 is 1.95 bits per heavy atom. The number of carbonyl (C=O) groups is 1. The minimum Gasteiger partial charge on any atom is -0.353 e. The quantitative estimate of drug-likeness (QED) is 0.803. The van der Waals surface area contributed by atoms with Crippen molar-refractivity contribution in [2.45, 2.75) is 19.0 Å². The van der Waals surface area contributed by atoms with Gasteiger partial charge in [0.1, 0.15) is 12.1 Å². The molecule has 0 bridgehead atoms. The van der Waals surface area contributed by atoms with Crippen molar-refractivity contribution in [3.05, 3.63) is 59.2 Å². The van der Waals surface area contributed by atoms with Crippen molar-refractivity contribution in [1.82, 2.24) is 0 Å². The third-order valence-corrected chi connectivity index (χ3v) is 4.27. The Bertz CT molecular complexity index is 791. The fourth-order valence-electron chi connectivity index (χ4n) is 3.22. The van der Waals surface area contributed by atoms with Crippen molar-refractivity contribution in [3.8, 4) is 6.07 Å². The molecule has 2 aromatic carbocycles. The number of hydrogen-bond acceptors (Lipinski definition) is 3. The van der Waals surface area contributed by atoms with Crippen LogP contribution in [-0.4, -0.2) is 11.9 Å². The van der Waals surface area contributed by atoms with Gasteiger partial charge in [0.2, 0.25) is 5.91 Å². The molecule has 2 aliphatic rings. The van der Waals surface area contributed by atoms with E-state index in [0.29, 0.717) is 24.2 Å². The summed E-state index contributed by atoms with van der Waals surface area (Å²) in [4.78, 5) is 14.5. The number of nitrogens with zero attached hydrogens (tertiary/aromatic N) is 2. The second-order valence-corrected chi connectivity index (χ2v) is 5.42. The van der Waals surface area contributed by atoms with Gasteiger partial charge in [-0.05, 0) is 23.3 Å². The molecule has 1 unspecified atom stereocenters. The smallest absolute Gasteiger partial charge is 0.247 e. The molecule has 1 amide bonds. The highest BCUT2D eigenvalue weighted by atomic mass is 16.2. The molecule has 21 heavy (non-hydrogen) atoms. The standard InChI is InChI=1S/C17H13N3O/c18-9-12-6-3-7-14-16(12)19-17(21)15-8-11-4-1-2-5-13(11)10-20(14)15/h1-7,15H,8,10H2,(H,19,21). The minimum absolute atomic E-state index is 0.0281. The van der Waals surface area contributed by atoms with Crippen LogP contribution in [0.25, 0.3) is 0 Å². The van der Waals surface area contributed by atoms with E-state index in [1.54, 1.807) is 6.07 Å². The lowest BCUT2D eigenvalue weighted by molar-refractivity contribution is -0.117. The molecule has 2 heterocycles. The Morgan fingerprint density at radius 3 is 2.76 bits per heavy atom. The van der Waals surface area contributed by atoms with Crippen LogP contribution in [0.2, 0.25) is 0 Å². The fraction of sp³-hybridized carbons (Fsp3) is 0.176. The van der Waals surface area contributed by atoms with Gasteiger partial charge in [-0.3, -0.25) is 4.79 Å². The van der Waals surface area contributed by atoms with Crippen LogP contribution in [0, 0.1) is 11.3 Å². The van der Waals surface area contributed by atoms with E-state index >= 15 is 0 Å². The number of amides is 1. The van der Waals surface area contributed by atoms with Crippen LogP contribution in [0.1, 0.15) is 16.7 Å². The zero-order valence-electron chi connectivity index (χ0n) is 11.3. The first-order valence-electron chi connectivity index (χ1n) is 6.95. The van der Waals surface area contributed by atoms with Crippen LogP contribution < -0.4 is 10.2 Å². The van der Waals surface area contributed by atoms with E-state index in [9.17, 15) is 10.1 Å². The zero-order valence-corrected chi connectivity index (χ0v) is 11.3. The second-order valence-electron chi connectivity index (χ2n) is 5.42. The lowest BCUT2D eigenvalue weighted by atomic mass is 9.91. The van der Waals surface area contributed by atoms with Gasteiger partial charge in [0.05, 0.1) is 16.9 Å². The summed E-state index contributed by atoms with van der Waals surface area (Å²) in [6.07, 6.45) is 0.707. The first-order valence-corrected chi connectivity index (χ1v) is 6.95. The minimum atomic E-state index is -0.193. The molecule has 0 fully saturated rings. The van der Waals surface area contributed by atoms with Crippen LogP contribution in [0.3, 0.4) is 0 Å². The Balaban J connectivity index is 1.86. The van der Waals surface area contributed by atoms with Crippen molar-refractivity contribution < 1.29 is 4.79 Å². The van der Waals surface area contributed by atoms with Crippen molar-refractivity contribution in [3.63, 3.8) is 0 Å². The third kappa shape index (κ3) is 1.71. The van der Waals surface area contributed by atoms with Gasteiger partial charge in [-0.2, -0.15) is 5.26 Å². The van der Waals surface area contributed by atoms with Crippen LogP contribution in [0.5, 0.6) is 0 Å². The van der Waals surface area contributed by atoms with Crippen molar-refractivity contribution in [1.29, 1.82) is 5.26 Å². The van der Waals surface area contributed by atoms with E-state index in [1.807, 2.05) is 24.3 Å². The molecule has 102 valence electrons. The number of benzene rings is 2. The number of para-hydroxylation sites is 1. The highest BCUT2D eigenvalue weighted by molar-refractivity contribution is 6.05. The average Bonchev–Trinajstić information content (AvgIpc) is 2.53. The molecule has 0 spiro atoms. The maximum atomic E-state index is 12.4. The van der Waals surface area contributed by atoms with Gasteiger partial charge in [-0.25, -0.2) is 0 Å². The molecule has 4 rings (SSSR count). The summed E-state index contributed by atoms with van der Waals surface area (Å²) in [6, 6.07) is 15.7. The predicted octanol–water partition coefficient (Wildman–Crippen LogP) is 2.44. The Morgan fingerprint density at radius 1 is 1.14 bits per heavy atom. The zero-order chi connectivity index (χ0) is 14.4. The normalized spacial score (nSPS) is 18.9. The van der Waals surface area contributed by atoms with E-state index in [4.69, 9.17) is 0 Å². The van der Waals surface area contributed by atoms with E-state index in [0.717, 1.165) is 5.69 Å². The van der Waals surface area contributed by atoms with Crippen molar-refractivity contribution in [2.24, 2.45) is 0 Å². The first-order chi connectivity index (χ1) is 10.3. The SMILES string of the molecule is N#Cc1cccc2c1NC(=O)C1Cc3ccccc3CN21. The Kier molecular flexibility index (Phi) is 2.48. The number of fused-ring (bicyclic) bond motifs is 4. The number of anilines is 2. The van der Waals surface area contributed by atoms with Crippen LogP contribution in [0.15, 0.2) is 42.5 Å². The maximum absolute atomic E-state index is 12.4. The summed E-state index contributed by atoms with van der Waals surface area (Å²) in [5.74, 6) is -0.0281. The van der Waals surface area contributed by atoms with Gasteiger partial charge in [-0.1, -0.05) is 30.3 Å². The van der Waals surface area contributed by atoms with Gasteiger partial charge in [0.15, 0.2) is 0 Å². The summed E-state index contributed by atoms with van der Waals surface area (Å²) < 4.78 is 0. The van der Waals surface area contributed by atoms with Crippen LogP contribution >= 0.6 is 0 Å². The Hall–Kier alpha value is -2.80. The molecule has 2 aliphatic heterocycles. The number of rotatable bonds is 0. The molecule has 0 aromatic heterocycles. The number of nitrogens with one attached hydrogen (secondary N) is 1. The van der Waals surface area contributed by atoms with Gasteiger partial charge >= 0.3 is 0 Å². The summed E-state index contributed by atoms with van der Waals surface area (Å²) in [6.45, 7) is 0.705. The second kappa shape index (κ2) is 4.35. The largest absolute Gasteiger partial charge is 0.353 e. The lowest BCUT2D eigenvalue weighted by Crippen LogP contribution is -2.51. The molecule has 0 radical (unpaired) electrons. The molecule has 0 saturated heterocycles. The van der Waals surface area contributed by atoms with E-state index in [2.05, 4.69) is 28.4 Å². The Labute approximate surface area is 122 Å². The monoisotopic (exact) mass is 275 g/mol. The summed E-state index contributed by atoms with van der Waals surface area (Å²) >= 11 is 0. The molecule has 0 aliphatic carbocycles. The maximum Gasteiger partial charge on any atom is 0.247 e. The van der Waals surface area contributed by atoms with Gasteiger partial charge in [-0.15, -0.1) is 0 Å². The van der Waals surface area contributed by atoms with Crippen LogP contribution in [0.4, 0.5) is 11.4 Å². The first kappa shape index (κ1) is 12.0. The van der Waals surface area contributed by atoms with Crippen molar-refractivity contribution in [2.75, 3.05) is 10.2 Å². The molecule has 1 atom stereocenters. The van der Waals surface area contributed by atoms with Gasteiger partial charge < -0.3 is 10.2 Å². The lowest BCUT2D eigenvalue weighted by Gasteiger charge is -2.42. The highest BCUT2D eigenvalue weighted by Crippen LogP contribution is 2.38. The molecule has 0 saturated carbocycles.